The summed E-state index contributed by atoms with van der Waals surface area (Å²) in [4.78, 5) is 35.8. The number of phenolic OH excluding ortho intramolecular Hbond substituents is 1. The lowest BCUT2D eigenvalue weighted by Crippen LogP contribution is -2.19. The van der Waals surface area contributed by atoms with Gasteiger partial charge in [-0.1, -0.05) is 11.6 Å². The highest BCUT2D eigenvalue weighted by Gasteiger charge is 2.36. The zero-order chi connectivity index (χ0) is 14.6. The van der Waals surface area contributed by atoms with Crippen LogP contribution in [0.15, 0.2) is 22.6 Å². The molecule has 1 aromatic heterocycles. The monoisotopic (exact) mass is 290 g/mol. The van der Waals surface area contributed by atoms with Crippen molar-refractivity contribution in [3.63, 3.8) is 0 Å². The minimum Gasteiger partial charge on any atom is -0.507 e. The van der Waals surface area contributed by atoms with E-state index in [0.717, 1.165) is 0 Å². The van der Waals surface area contributed by atoms with Crippen molar-refractivity contribution < 1.29 is 23.9 Å². The van der Waals surface area contributed by atoms with E-state index in [1.807, 2.05) is 0 Å². The van der Waals surface area contributed by atoms with Crippen molar-refractivity contribution in [2.75, 3.05) is 0 Å². The molecule has 0 bridgehead atoms. The van der Waals surface area contributed by atoms with Gasteiger partial charge in [0, 0.05) is 17.5 Å². The molecule has 0 saturated carbocycles. The van der Waals surface area contributed by atoms with Crippen molar-refractivity contribution >= 4 is 29.0 Å². The third-order valence-electron chi connectivity index (χ3n) is 3.08. The van der Waals surface area contributed by atoms with Crippen LogP contribution in [0.1, 0.15) is 49.5 Å². The molecule has 0 amide bonds. The Labute approximate surface area is 117 Å². The standard InChI is InChI=1S/C14H7ClO5/c1-5(16)10-4-8-12(18)7-2-6(15)3-9(17)11(7)13(19)14(8)20-10/h2-4,17H,1H3. The maximum Gasteiger partial charge on any atom is 0.233 e. The highest BCUT2D eigenvalue weighted by atomic mass is 35.5. The van der Waals surface area contributed by atoms with Crippen molar-refractivity contribution in [3.05, 3.63) is 51.4 Å². The van der Waals surface area contributed by atoms with E-state index in [2.05, 4.69) is 0 Å². The summed E-state index contributed by atoms with van der Waals surface area (Å²) in [5.41, 5.74) is -0.144. The zero-order valence-corrected chi connectivity index (χ0v) is 10.9. The first-order chi connectivity index (χ1) is 9.40. The molecule has 0 spiro atoms. The summed E-state index contributed by atoms with van der Waals surface area (Å²) in [5, 5.41) is 9.94. The van der Waals surface area contributed by atoms with Crippen molar-refractivity contribution in [1.82, 2.24) is 0 Å². The molecule has 0 aliphatic heterocycles. The molecule has 0 radical (unpaired) electrons. The molecule has 20 heavy (non-hydrogen) atoms. The molecule has 1 aliphatic rings. The van der Waals surface area contributed by atoms with Gasteiger partial charge in [-0.25, -0.2) is 0 Å². The molecular formula is C14H7ClO5. The van der Waals surface area contributed by atoms with Gasteiger partial charge in [-0.2, -0.15) is 0 Å². The summed E-state index contributed by atoms with van der Waals surface area (Å²) < 4.78 is 5.13. The van der Waals surface area contributed by atoms with E-state index in [1.165, 1.54) is 25.1 Å². The van der Waals surface area contributed by atoms with Crippen LogP contribution in [0, 0.1) is 0 Å². The number of Topliss-reactive ketones (excluding diaryl/α,β-unsaturated/α-hetero) is 1. The molecule has 3 rings (SSSR count). The quantitative estimate of drug-likeness (QED) is 0.696. The Kier molecular flexibility index (Phi) is 2.55. The SMILES string of the molecule is CC(=O)c1cc2c(o1)C(=O)c1c(O)cc(Cl)cc1C2=O. The van der Waals surface area contributed by atoms with E-state index in [4.69, 9.17) is 16.0 Å². The molecule has 6 heteroatoms. The molecule has 1 aromatic carbocycles. The van der Waals surface area contributed by atoms with Gasteiger partial charge in [0.25, 0.3) is 0 Å². The first-order valence-corrected chi connectivity index (χ1v) is 6.04. The Morgan fingerprint density at radius 3 is 2.50 bits per heavy atom. The molecular weight excluding hydrogens is 284 g/mol. The molecule has 1 aliphatic carbocycles. The highest BCUT2D eigenvalue weighted by Crippen LogP contribution is 2.36. The Hall–Kier alpha value is -2.40. The molecule has 1 heterocycles. The van der Waals surface area contributed by atoms with Crippen LogP contribution in [0.25, 0.3) is 0 Å². The molecule has 0 unspecified atom stereocenters. The number of hydrogen-bond donors (Lipinski definition) is 1. The average Bonchev–Trinajstić information content (AvgIpc) is 2.80. The first kappa shape index (κ1) is 12.6. The zero-order valence-electron chi connectivity index (χ0n) is 10.2. The van der Waals surface area contributed by atoms with Crippen LogP contribution >= 0.6 is 11.6 Å². The summed E-state index contributed by atoms with van der Waals surface area (Å²) in [6, 6.07) is 3.71. The van der Waals surface area contributed by atoms with E-state index >= 15 is 0 Å². The number of phenols is 1. The van der Waals surface area contributed by atoms with Crippen molar-refractivity contribution in [3.8, 4) is 5.75 Å². The molecule has 0 saturated heterocycles. The second kappa shape index (κ2) is 4.05. The maximum absolute atomic E-state index is 12.3. The average molecular weight is 291 g/mol. The molecule has 0 fully saturated rings. The van der Waals surface area contributed by atoms with E-state index in [-0.39, 0.29) is 33.2 Å². The normalized spacial score (nSPS) is 13.1. The minimum absolute atomic E-state index is 0.00315. The van der Waals surface area contributed by atoms with Gasteiger partial charge in [-0.15, -0.1) is 0 Å². The van der Waals surface area contributed by atoms with Crippen LogP contribution in [0.2, 0.25) is 5.02 Å². The Bertz CT molecular complexity index is 800. The fourth-order valence-corrected chi connectivity index (χ4v) is 2.38. The van der Waals surface area contributed by atoms with Crippen LogP contribution in [0.5, 0.6) is 5.75 Å². The van der Waals surface area contributed by atoms with E-state index < -0.39 is 23.1 Å². The summed E-state index contributed by atoms with van der Waals surface area (Å²) >= 11 is 5.78. The topological polar surface area (TPSA) is 84.6 Å². The van der Waals surface area contributed by atoms with Gasteiger partial charge in [0.1, 0.15) is 5.75 Å². The second-order valence-electron chi connectivity index (χ2n) is 4.42. The predicted molar refractivity (Wildman–Crippen MR) is 68.7 cm³/mol. The smallest absolute Gasteiger partial charge is 0.233 e. The van der Waals surface area contributed by atoms with Gasteiger partial charge >= 0.3 is 0 Å². The predicted octanol–water partition coefficient (Wildman–Crippen LogP) is 2.62. The second-order valence-corrected chi connectivity index (χ2v) is 4.85. The Morgan fingerprint density at radius 2 is 1.85 bits per heavy atom. The number of halogens is 1. The van der Waals surface area contributed by atoms with Crippen LogP contribution < -0.4 is 0 Å². The lowest BCUT2D eigenvalue weighted by Gasteiger charge is -2.14. The number of aromatic hydroxyl groups is 1. The van der Waals surface area contributed by atoms with E-state index in [0.29, 0.717) is 0 Å². The van der Waals surface area contributed by atoms with Crippen molar-refractivity contribution in [2.45, 2.75) is 6.92 Å². The van der Waals surface area contributed by atoms with Gasteiger partial charge < -0.3 is 9.52 Å². The highest BCUT2D eigenvalue weighted by molar-refractivity contribution is 6.34. The van der Waals surface area contributed by atoms with E-state index in [9.17, 15) is 19.5 Å². The molecule has 1 N–H and O–H groups in total. The van der Waals surface area contributed by atoms with Gasteiger partial charge in [0.15, 0.2) is 23.1 Å². The van der Waals surface area contributed by atoms with Crippen molar-refractivity contribution in [2.24, 2.45) is 0 Å². The molecule has 0 atom stereocenters. The van der Waals surface area contributed by atoms with Gasteiger partial charge in [-0.05, 0) is 18.2 Å². The number of furan rings is 1. The molecule has 100 valence electrons. The van der Waals surface area contributed by atoms with E-state index in [1.54, 1.807) is 0 Å². The summed E-state index contributed by atoms with van der Waals surface area (Å²) in [6.07, 6.45) is 0. The van der Waals surface area contributed by atoms with Crippen LogP contribution in [-0.2, 0) is 0 Å². The van der Waals surface area contributed by atoms with Gasteiger partial charge in [0.2, 0.25) is 5.78 Å². The number of benzene rings is 1. The number of fused-ring (bicyclic) bond motifs is 2. The third kappa shape index (κ3) is 1.60. The molecule has 2 aromatic rings. The largest absolute Gasteiger partial charge is 0.507 e. The fraction of sp³-hybridized carbons (Fsp3) is 0.0714. The van der Waals surface area contributed by atoms with Gasteiger partial charge in [-0.3, -0.25) is 14.4 Å². The number of carbonyl (C=O) groups excluding carboxylic acids is 3. The maximum atomic E-state index is 12.3. The number of ketones is 3. The molecule has 5 nitrogen and oxygen atoms in total. The number of rotatable bonds is 1. The minimum atomic E-state index is -0.642. The first-order valence-electron chi connectivity index (χ1n) is 5.67. The lowest BCUT2D eigenvalue weighted by atomic mass is 9.88. The fourth-order valence-electron chi connectivity index (χ4n) is 2.17. The van der Waals surface area contributed by atoms with Crippen LogP contribution in [0.3, 0.4) is 0 Å². The summed E-state index contributed by atoms with van der Waals surface area (Å²) in [5.74, 6) is -2.25. The summed E-state index contributed by atoms with van der Waals surface area (Å²) in [7, 11) is 0. The number of hydrogen-bond acceptors (Lipinski definition) is 5. The third-order valence-corrected chi connectivity index (χ3v) is 3.30. The Balaban J connectivity index is 2.31. The van der Waals surface area contributed by atoms with Crippen molar-refractivity contribution in [1.29, 1.82) is 0 Å². The lowest BCUT2D eigenvalue weighted by molar-refractivity contribution is 0.0945. The van der Waals surface area contributed by atoms with Crippen LogP contribution in [-0.4, -0.2) is 22.5 Å². The number of carbonyl (C=O) groups is 3. The Morgan fingerprint density at radius 1 is 1.15 bits per heavy atom. The van der Waals surface area contributed by atoms with Crippen LogP contribution in [0.4, 0.5) is 0 Å². The summed E-state index contributed by atoms with van der Waals surface area (Å²) in [6.45, 7) is 1.26. The van der Waals surface area contributed by atoms with Gasteiger partial charge in [0.05, 0.1) is 11.1 Å².